The van der Waals surface area contributed by atoms with Gasteiger partial charge in [0.2, 0.25) is 10.0 Å². The van der Waals surface area contributed by atoms with Crippen LogP contribution in [0.1, 0.15) is 16.1 Å². The summed E-state index contributed by atoms with van der Waals surface area (Å²) in [6.45, 7) is 1.56. The Kier molecular flexibility index (Phi) is 4.63. The maximum absolute atomic E-state index is 12.1. The number of nitrogens with zero attached hydrogens (tertiary/aromatic N) is 4. The Morgan fingerprint density at radius 3 is 2.88 bits per heavy atom. The second-order valence-corrected chi connectivity index (χ2v) is 7.86. The molecule has 0 bridgehead atoms. The van der Waals surface area contributed by atoms with Gasteiger partial charge in [0, 0.05) is 44.1 Å². The van der Waals surface area contributed by atoms with E-state index in [1.807, 2.05) is 6.07 Å². The van der Waals surface area contributed by atoms with Crippen LogP contribution >= 0.6 is 0 Å². The van der Waals surface area contributed by atoms with Crippen molar-refractivity contribution in [1.29, 1.82) is 0 Å². The zero-order valence-corrected chi connectivity index (χ0v) is 14.1. The molecule has 1 amide bonds. The molecule has 0 aromatic carbocycles. The topological polar surface area (TPSA) is 97.2 Å². The van der Waals surface area contributed by atoms with E-state index in [2.05, 4.69) is 15.4 Å². The van der Waals surface area contributed by atoms with Crippen molar-refractivity contribution in [3.05, 3.63) is 48.0 Å². The average molecular weight is 349 g/mol. The van der Waals surface area contributed by atoms with Crippen molar-refractivity contribution >= 4 is 15.9 Å². The van der Waals surface area contributed by atoms with Gasteiger partial charge in [-0.15, -0.1) is 0 Å². The largest absolute Gasteiger partial charge is 0.352 e. The zero-order chi connectivity index (χ0) is 17.2. The Balaban J connectivity index is 1.71. The summed E-state index contributed by atoms with van der Waals surface area (Å²) in [6, 6.07) is 5.20. The van der Waals surface area contributed by atoms with Crippen LogP contribution in [-0.2, 0) is 23.1 Å². The zero-order valence-electron chi connectivity index (χ0n) is 13.3. The number of hydrogen-bond acceptors (Lipinski definition) is 5. The molecule has 1 atom stereocenters. The number of rotatable bonds is 4. The first-order valence-electron chi connectivity index (χ1n) is 7.57. The summed E-state index contributed by atoms with van der Waals surface area (Å²) in [7, 11) is -3.32. The molecule has 1 N–H and O–H groups in total. The number of carbonyl (C=O) groups is 1. The molecule has 8 nitrogen and oxygen atoms in total. The summed E-state index contributed by atoms with van der Waals surface area (Å²) >= 11 is 0. The molecular formula is C15H19N5O3S. The molecule has 0 saturated carbocycles. The minimum Gasteiger partial charge on any atom is -0.352 e. The third-order valence-corrected chi connectivity index (χ3v) is 5.20. The summed E-state index contributed by atoms with van der Waals surface area (Å²) in [5, 5.41) is 7.09. The summed E-state index contributed by atoms with van der Waals surface area (Å²) in [5.41, 5.74) is 1.33. The van der Waals surface area contributed by atoms with Crippen molar-refractivity contribution in [2.75, 3.05) is 19.3 Å². The van der Waals surface area contributed by atoms with Crippen LogP contribution in [0.25, 0.3) is 0 Å². The summed E-state index contributed by atoms with van der Waals surface area (Å²) in [5.74, 6) is -0.291. The van der Waals surface area contributed by atoms with Gasteiger partial charge in [0.15, 0.2) is 0 Å². The van der Waals surface area contributed by atoms with Crippen molar-refractivity contribution in [1.82, 2.24) is 24.4 Å². The maximum atomic E-state index is 12.1. The van der Waals surface area contributed by atoms with E-state index in [1.54, 1.807) is 29.2 Å². The lowest BCUT2D eigenvalue weighted by molar-refractivity contribution is 0.0944. The molecule has 0 spiro atoms. The highest BCUT2D eigenvalue weighted by Gasteiger charge is 2.27. The Morgan fingerprint density at radius 1 is 1.33 bits per heavy atom. The number of amides is 1. The van der Waals surface area contributed by atoms with Crippen molar-refractivity contribution in [2.45, 2.75) is 13.1 Å². The molecule has 24 heavy (non-hydrogen) atoms. The van der Waals surface area contributed by atoms with Crippen LogP contribution in [0.15, 0.2) is 36.8 Å². The number of nitrogens with one attached hydrogen (secondary N) is 1. The van der Waals surface area contributed by atoms with Gasteiger partial charge in [-0.2, -0.15) is 9.40 Å². The van der Waals surface area contributed by atoms with Gasteiger partial charge in [0.25, 0.3) is 5.91 Å². The van der Waals surface area contributed by atoms with Gasteiger partial charge in [0.05, 0.1) is 24.1 Å². The second kappa shape index (κ2) is 6.70. The van der Waals surface area contributed by atoms with Crippen molar-refractivity contribution in [3.63, 3.8) is 0 Å². The predicted octanol–water partition coefficient (Wildman–Crippen LogP) is 0.0995. The molecule has 0 unspecified atom stereocenters. The average Bonchev–Trinajstić information content (AvgIpc) is 2.90. The molecule has 0 saturated heterocycles. The van der Waals surface area contributed by atoms with Crippen molar-refractivity contribution in [3.8, 4) is 0 Å². The van der Waals surface area contributed by atoms with Crippen LogP contribution in [-0.4, -0.2) is 52.7 Å². The van der Waals surface area contributed by atoms with E-state index >= 15 is 0 Å². The number of fused-ring (bicyclic) bond motifs is 1. The third kappa shape index (κ3) is 3.80. The minimum absolute atomic E-state index is 0.0681. The molecule has 2 aromatic heterocycles. The molecule has 9 heteroatoms. The normalized spacial score (nSPS) is 18.6. The first-order chi connectivity index (χ1) is 11.4. The number of aromatic nitrogens is 3. The van der Waals surface area contributed by atoms with Crippen LogP contribution in [0.5, 0.6) is 0 Å². The Bertz CT molecular complexity index is 819. The molecule has 0 radical (unpaired) electrons. The molecule has 1 aliphatic rings. The first-order valence-corrected chi connectivity index (χ1v) is 9.42. The number of carbonyl (C=O) groups excluding carboxylic acids is 1. The smallest absolute Gasteiger partial charge is 0.252 e. The quantitative estimate of drug-likeness (QED) is 0.844. The highest BCUT2D eigenvalue weighted by atomic mass is 32.2. The lowest BCUT2D eigenvalue weighted by Crippen LogP contribution is -2.38. The van der Waals surface area contributed by atoms with Gasteiger partial charge in [-0.1, -0.05) is 0 Å². The molecular weight excluding hydrogens is 330 g/mol. The van der Waals surface area contributed by atoms with Gasteiger partial charge in [-0.3, -0.25) is 14.5 Å². The van der Waals surface area contributed by atoms with E-state index in [1.165, 1.54) is 16.8 Å². The van der Waals surface area contributed by atoms with E-state index in [9.17, 15) is 13.2 Å². The highest BCUT2D eigenvalue weighted by molar-refractivity contribution is 7.88. The van der Waals surface area contributed by atoms with Gasteiger partial charge in [-0.05, 0) is 18.2 Å². The van der Waals surface area contributed by atoms with E-state index in [4.69, 9.17) is 0 Å². The van der Waals surface area contributed by atoms with Crippen LogP contribution < -0.4 is 5.32 Å². The molecule has 1 aliphatic heterocycles. The Hall–Kier alpha value is -2.26. The van der Waals surface area contributed by atoms with E-state index < -0.39 is 10.0 Å². The fourth-order valence-electron chi connectivity index (χ4n) is 2.71. The lowest BCUT2D eigenvalue weighted by Gasteiger charge is -2.22. The number of hydrogen-bond donors (Lipinski definition) is 1. The lowest BCUT2D eigenvalue weighted by atomic mass is 10.1. The summed E-state index contributed by atoms with van der Waals surface area (Å²) in [4.78, 5) is 16.1. The fourth-order valence-corrected chi connectivity index (χ4v) is 3.56. The van der Waals surface area contributed by atoms with Gasteiger partial charge >= 0.3 is 0 Å². The van der Waals surface area contributed by atoms with Gasteiger partial charge in [-0.25, -0.2) is 8.42 Å². The highest BCUT2D eigenvalue weighted by Crippen LogP contribution is 2.17. The monoisotopic (exact) mass is 349 g/mol. The minimum atomic E-state index is -3.32. The van der Waals surface area contributed by atoms with E-state index in [0.29, 0.717) is 31.7 Å². The van der Waals surface area contributed by atoms with Crippen LogP contribution in [0.3, 0.4) is 0 Å². The van der Waals surface area contributed by atoms with Crippen molar-refractivity contribution in [2.24, 2.45) is 5.92 Å². The first kappa shape index (κ1) is 16.6. The van der Waals surface area contributed by atoms with E-state index in [0.717, 1.165) is 5.69 Å². The molecule has 128 valence electrons. The fraction of sp³-hybridized carbons (Fsp3) is 0.400. The number of sulfonamides is 1. The Labute approximate surface area is 140 Å². The summed E-state index contributed by atoms with van der Waals surface area (Å²) < 4.78 is 27.2. The Morgan fingerprint density at radius 2 is 2.17 bits per heavy atom. The van der Waals surface area contributed by atoms with Crippen LogP contribution in [0.2, 0.25) is 0 Å². The standard InChI is InChI=1S/C15H19N5O3S/c1-24(22,23)19-9-12(10-20-14(11-19)4-6-18-20)7-17-15(21)13-3-2-5-16-8-13/h2-6,8,12H,7,9-11H2,1H3,(H,17,21)/t12-/m0/s1. The molecule has 2 aromatic rings. The molecule has 3 rings (SSSR count). The van der Waals surface area contributed by atoms with Crippen molar-refractivity contribution < 1.29 is 13.2 Å². The second-order valence-electron chi connectivity index (χ2n) is 5.88. The number of pyridine rings is 1. The van der Waals surface area contributed by atoms with Crippen LogP contribution in [0.4, 0.5) is 0 Å². The maximum Gasteiger partial charge on any atom is 0.252 e. The molecule has 0 fully saturated rings. The van der Waals surface area contributed by atoms with Crippen LogP contribution in [0, 0.1) is 5.92 Å². The SMILES string of the molecule is CS(=O)(=O)N1Cc2ccnn2C[C@@H](CNC(=O)c2cccnc2)C1. The summed E-state index contributed by atoms with van der Waals surface area (Å²) in [6.07, 6.45) is 5.96. The van der Waals surface area contributed by atoms with Gasteiger partial charge < -0.3 is 5.32 Å². The van der Waals surface area contributed by atoms with Gasteiger partial charge in [0.1, 0.15) is 0 Å². The third-order valence-electron chi connectivity index (χ3n) is 3.98. The molecule has 0 aliphatic carbocycles. The molecule has 3 heterocycles. The van der Waals surface area contributed by atoms with E-state index in [-0.39, 0.29) is 11.8 Å². The predicted molar refractivity (Wildman–Crippen MR) is 87.5 cm³/mol.